The Morgan fingerprint density at radius 1 is 1.00 bits per heavy atom. The molecular weight excluding hydrogens is 301 g/mol. The number of rotatable bonds is 3. The van der Waals surface area contributed by atoms with Gasteiger partial charge in [-0.2, -0.15) is 0 Å². The minimum Gasteiger partial charge on any atom is -0.310 e. The molecule has 0 bridgehead atoms. The summed E-state index contributed by atoms with van der Waals surface area (Å²) in [6.07, 6.45) is 2.28. The second kappa shape index (κ2) is 6.39. The maximum absolute atomic E-state index is 6.19. The molecule has 0 heterocycles. The van der Waals surface area contributed by atoms with Crippen LogP contribution in [-0.2, 0) is 0 Å². The summed E-state index contributed by atoms with van der Waals surface area (Å²) in [5.74, 6) is 0.408. The van der Waals surface area contributed by atoms with E-state index in [0.717, 1.165) is 19.4 Å². The Morgan fingerprint density at radius 2 is 1.76 bits per heavy atom. The standard InChI is InChI=1S/C18H19Cl2N/c1-2-21-18-10-8-13(14-5-3-4-6-15(14)18)12-7-9-16(19)17(20)11-12/h3-7,9,11,13,18,21H,2,8,10H2,1H3. The molecular formula is C18H19Cl2N. The van der Waals surface area contributed by atoms with Gasteiger partial charge in [0.05, 0.1) is 10.0 Å². The molecule has 0 radical (unpaired) electrons. The summed E-state index contributed by atoms with van der Waals surface area (Å²) >= 11 is 12.2. The summed E-state index contributed by atoms with van der Waals surface area (Å²) < 4.78 is 0. The summed E-state index contributed by atoms with van der Waals surface area (Å²) in [6.45, 7) is 3.16. The molecule has 0 spiro atoms. The van der Waals surface area contributed by atoms with Gasteiger partial charge >= 0.3 is 0 Å². The molecule has 2 unspecified atom stereocenters. The summed E-state index contributed by atoms with van der Waals surface area (Å²) in [5.41, 5.74) is 4.08. The Hall–Kier alpha value is -1.02. The van der Waals surface area contributed by atoms with Crippen LogP contribution in [0.5, 0.6) is 0 Å². The van der Waals surface area contributed by atoms with Crippen molar-refractivity contribution >= 4 is 23.2 Å². The Bertz CT molecular complexity index is 639. The molecule has 1 nitrogen and oxygen atoms in total. The normalized spacial score (nSPS) is 21.1. The average Bonchev–Trinajstić information content (AvgIpc) is 2.51. The van der Waals surface area contributed by atoms with Gasteiger partial charge in [0.25, 0.3) is 0 Å². The molecule has 1 aliphatic carbocycles. The number of nitrogens with one attached hydrogen (secondary N) is 1. The molecule has 2 aromatic rings. The van der Waals surface area contributed by atoms with E-state index in [1.165, 1.54) is 16.7 Å². The van der Waals surface area contributed by atoms with Gasteiger partial charge in [0.1, 0.15) is 0 Å². The van der Waals surface area contributed by atoms with Crippen LogP contribution >= 0.6 is 23.2 Å². The van der Waals surface area contributed by atoms with Crippen LogP contribution in [0.25, 0.3) is 0 Å². The first kappa shape index (κ1) is 14.9. The van der Waals surface area contributed by atoms with Crippen LogP contribution in [0, 0.1) is 0 Å². The lowest BCUT2D eigenvalue weighted by Gasteiger charge is -2.32. The van der Waals surface area contributed by atoms with E-state index in [9.17, 15) is 0 Å². The summed E-state index contributed by atoms with van der Waals surface area (Å²) in [4.78, 5) is 0. The van der Waals surface area contributed by atoms with Crippen molar-refractivity contribution in [1.82, 2.24) is 5.32 Å². The van der Waals surface area contributed by atoms with Gasteiger partial charge in [-0.1, -0.05) is 60.5 Å². The van der Waals surface area contributed by atoms with Crippen molar-refractivity contribution < 1.29 is 0 Å². The van der Waals surface area contributed by atoms with Crippen LogP contribution in [0.3, 0.4) is 0 Å². The fourth-order valence-electron chi connectivity index (χ4n) is 3.32. The number of hydrogen-bond donors (Lipinski definition) is 1. The summed E-state index contributed by atoms with van der Waals surface area (Å²) in [5, 5.41) is 4.85. The highest BCUT2D eigenvalue weighted by atomic mass is 35.5. The summed E-state index contributed by atoms with van der Waals surface area (Å²) in [6, 6.07) is 15.2. The zero-order valence-corrected chi connectivity index (χ0v) is 13.6. The van der Waals surface area contributed by atoms with Crippen molar-refractivity contribution in [2.45, 2.75) is 31.7 Å². The average molecular weight is 320 g/mol. The Kier molecular flexibility index (Phi) is 4.54. The van der Waals surface area contributed by atoms with Crippen molar-refractivity contribution in [2.75, 3.05) is 6.54 Å². The molecule has 0 aliphatic heterocycles. The highest BCUT2D eigenvalue weighted by Gasteiger charge is 2.27. The molecule has 0 saturated heterocycles. The maximum atomic E-state index is 6.19. The quantitative estimate of drug-likeness (QED) is 0.779. The third-order valence-corrected chi connectivity index (χ3v) is 5.03. The Balaban J connectivity index is 2.00. The van der Waals surface area contributed by atoms with Crippen LogP contribution in [0.1, 0.15) is 48.4 Å². The van der Waals surface area contributed by atoms with Gasteiger partial charge in [0, 0.05) is 12.0 Å². The SMILES string of the molecule is CCNC1CCC(c2ccc(Cl)c(Cl)c2)c2ccccc21. The van der Waals surface area contributed by atoms with Gasteiger partial charge in [-0.05, 0) is 48.2 Å². The van der Waals surface area contributed by atoms with Crippen molar-refractivity contribution in [3.05, 3.63) is 69.2 Å². The Morgan fingerprint density at radius 3 is 2.48 bits per heavy atom. The van der Waals surface area contributed by atoms with E-state index >= 15 is 0 Å². The van der Waals surface area contributed by atoms with Crippen molar-refractivity contribution in [2.24, 2.45) is 0 Å². The molecule has 0 saturated carbocycles. The molecule has 21 heavy (non-hydrogen) atoms. The monoisotopic (exact) mass is 319 g/mol. The van der Waals surface area contributed by atoms with Gasteiger partial charge in [0.2, 0.25) is 0 Å². The molecule has 3 rings (SSSR count). The molecule has 110 valence electrons. The van der Waals surface area contributed by atoms with Crippen molar-refractivity contribution in [3.8, 4) is 0 Å². The second-order valence-corrected chi connectivity index (χ2v) is 6.36. The highest BCUT2D eigenvalue weighted by molar-refractivity contribution is 6.42. The van der Waals surface area contributed by atoms with E-state index in [2.05, 4.69) is 42.6 Å². The van der Waals surface area contributed by atoms with Gasteiger partial charge in [-0.3, -0.25) is 0 Å². The van der Waals surface area contributed by atoms with Crippen molar-refractivity contribution in [1.29, 1.82) is 0 Å². The second-order valence-electron chi connectivity index (χ2n) is 5.54. The minimum absolute atomic E-state index is 0.408. The highest BCUT2D eigenvalue weighted by Crippen LogP contribution is 2.42. The fraction of sp³-hybridized carbons (Fsp3) is 0.333. The number of hydrogen-bond acceptors (Lipinski definition) is 1. The van der Waals surface area contributed by atoms with Crippen LogP contribution in [0.2, 0.25) is 10.0 Å². The molecule has 0 amide bonds. The number of benzene rings is 2. The smallest absolute Gasteiger partial charge is 0.0595 e. The lowest BCUT2D eigenvalue weighted by molar-refractivity contribution is 0.450. The van der Waals surface area contributed by atoms with E-state index in [1.54, 1.807) is 0 Å². The van der Waals surface area contributed by atoms with Crippen LogP contribution in [0.15, 0.2) is 42.5 Å². The fourth-order valence-corrected chi connectivity index (χ4v) is 3.63. The third kappa shape index (κ3) is 2.96. The van der Waals surface area contributed by atoms with E-state index < -0.39 is 0 Å². The Labute approximate surface area is 136 Å². The number of fused-ring (bicyclic) bond motifs is 1. The van der Waals surface area contributed by atoms with Gasteiger partial charge < -0.3 is 5.32 Å². The lowest BCUT2D eigenvalue weighted by atomic mass is 9.77. The number of halogens is 2. The van der Waals surface area contributed by atoms with E-state index in [-0.39, 0.29) is 0 Å². The maximum Gasteiger partial charge on any atom is 0.0595 e. The molecule has 0 aromatic heterocycles. The molecule has 1 N–H and O–H groups in total. The topological polar surface area (TPSA) is 12.0 Å². The van der Waals surface area contributed by atoms with Crippen molar-refractivity contribution in [3.63, 3.8) is 0 Å². The third-order valence-electron chi connectivity index (χ3n) is 4.29. The molecule has 3 heteroatoms. The largest absolute Gasteiger partial charge is 0.310 e. The van der Waals surface area contributed by atoms with Gasteiger partial charge in [-0.25, -0.2) is 0 Å². The van der Waals surface area contributed by atoms with Crippen LogP contribution < -0.4 is 5.32 Å². The van der Waals surface area contributed by atoms with E-state index in [1.807, 2.05) is 12.1 Å². The molecule has 2 atom stereocenters. The first-order valence-electron chi connectivity index (χ1n) is 7.48. The molecule has 0 fully saturated rings. The molecule has 1 aliphatic rings. The predicted molar refractivity (Wildman–Crippen MR) is 90.4 cm³/mol. The predicted octanol–water partition coefficient (Wildman–Crippen LogP) is 5.57. The summed E-state index contributed by atoms with van der Waals surface area (Å²) in [7, 11) is 0. The zero-order valence-electron chi connectivity index (χ0n) is 12.1. The van der Waals surface area contributed by atoms with Gasteiger partial charge in [-0.15, -0.1) is 0 Å². The lowest BCUT2D eigenvalue weighted by Crippen LogP contribution is -2.26. The minimum atomic E-state index is 0.408. The van der Waals surface area contributed by atoms with Gasteiger partial charge in [0.15, 0.2) is 0 Å². The zero-order chi connectivity index (χ0) is 14.8. The first-order valence-corrected chi connectivity index (χ1v) is 8.23. The molecule has 2 aromatic carbocycles. The van der Waals surface area contributed by atoms with Crippen LogP contribution in [0.4, 0.5) is 0 Å². The first-order chi connectivity index (χ1) is 10.2. The van der Waals surface area contributed by atoms with Crippen LogP contribution in [-0.4, -0.2) is 6.54 Å². The van der Waals surface area contributed by atoms with E-state index in [0.29, 0.717) is 22.0 Å². The van der Waals surface area contributed by atoms with E-state index in [4.69, 9.17) is 23.2 Å².